The fourth-order valence-electron chi connectivity index (χ4n) is 2.83. The minimum absolute atomic E-state index is 0.0639. The van der Waals surface area contributed by atoms with Crippen molar-refractivity contribution >= 4 is 34.0 Å². The number of rotatable bonds is 7. The first-order chi connectivity index (χ1) is 15.0. The van der Waals surface area contributed by atoms with Gasteiger partial charge in [-0.25, -0.2) is 4.98 Å². The van der Waals surface area contributed by atoms with Gasteiger partial charge < -0.3 is 14.8 Å². The van der Waals surface area contributed by atoms with E-state index in [4.69, 9.17) is 9.47 Å². The van der Waals surface area contributed by atoms with Crippen LogP contribution in [-0.4, -0.2) is 28.5 Å². The molecule has 2 amide bonds. The van der Waals surface area contributed by atoms with Crippen molar-refractivity contribution in [3.05, 3.63) is 74.8 Å². The van der Waals surface area contributed by atoms with Crippen LogP contribution in [0.4, 0.5) is 10.8 Å². The van der Waals surface area contributed by atoms with Crippen molar-refractivity contribution in [3.63, 3.8) is 0 Å². The van der Waals surface area contributed by atoms with Crippen LogP contribution in [0.25, 0.3) is 0 Å². The molecule has 0 bridgehead atoms. The normalized spacial score (nSPS) is 11.7. The van der Waals surface area contributed by atoms with Crippen LogP contribution in [-0.2, 0) is 17.8 Å². The van der Waals surface area contributed by atoms with Gasteiger partial charge in [0.05, 0.1) is 17.0 Å². The summed E-state index contributed by atoms with van der Waals surface area (Å²) in [4.78, 5) is 38.9. The van der Waals surface area contributed by atoms with E-state index in [2.05, 4.69) is 15.6 Å². The zero-order chi connectivity index (χ0) is 21.8. The number of nitrogens with one attached hydrogen (secondary N) is 2. The Morgan fingerprint density at radius 2 is 1.90 bits per heavy atom. The Kier molecular flexibility index (Phi) is 5.76. The Hall–Kier alpha value is -3.99. The third kappa shape index (κ3) is 4.95. The quantitative estimate of drug-likeness (QED) is 0.426. The van der Waals surface area contributed by atoms with Crippen molar-refractivity contribution in [1.29, 1.82) is 0 Å². The van der Waals surface area contributed by atoms with E-state index in [1.165, 1.54) is 35.6 Å². The molecule has 0 radical (unpaired) electrons. The van der Waals surface area contributed by atoms with Crippen LogP contribution < -0.4 is 20.1 Å². The molecule has 0 spiro atoms. The second kappa shape index (κ2) is 8.79. The fraction of sp³-hybridized carbons (Fsp3) is 0.150. The van der Waals surface area contributed by atoms with Crippen molar-refractivity contribution in [2.75, 3.05) is 12.1 Å². The summed E-state index contributed by atoms with van der Waals surface area (Å²) in [5.74, 6) is 0.680. The maximum atomic E-state index is 12.3. The number of thiazole rings is 1. The van der Waals surface area contributed by atoms with Gasteiger partial charge in [-0.2, -0.15) is 0 Å². The topological polar surface area (TPSA) is 133 Å². The maximum Gasteiger partial charge on any atom is 0.269 e. The number of nitro groups is 1. The predicted molar refractivity (Wildman–Crippen MR) is 111 cm³/mol. The molecule has 0 fully saturated rings. The number of carbonyl (C=O) groups is 2. The summed E-state index contributed by atoms with van der Waals surface area (Å²) < 4.78 is 10.6. The average molecular weight is 440 g/mol. The van der Waals surface area contributed by atoms with Gasteiger partial charge in [-0.05, 0) is 29.8 Å². The average Bonchev–Trinajstić information content (AvgIpc) is 3.41. The number of anilines is 1. The monoisotopic (exact) mass is 440 g/mol. The lowest BCUT2D eigenvalue weighted by Gasteiger charge is -2.05. The van der Waals surface area contributed by atoms with E-state index in [1.807, 2.05) is 12.1 Å². The molecule has 0 atom stereocenters. The van der Waals surface area contributed by atoms with E-state index in [1.54, 1.807) is 11.4 Å². The SMILES string of the molecule is O=C(Cc1csc(NC(=O)c2ccc([N+](=O)[O-])cc2)n1)NCc1ccc2c(c1)OCO2. The molecular formula is C20H16N4O6S. The molecule has 1 aliphatic heterocycles. The number of non-ortho nitro benzene ring substituents is 1. The van der Waals surface area contributed by atoms with Gasteiger partial charge in [0.25, 0.3) is 11.6 Å². The number of aromatic nitrogens is 1. The van der Waals surface area contributed by atoms with Gasteiger partial charge in [0, 0.05) is 29.6 Å². The smallest absolute Gasteiger partial charge is 0.269 e. The number of nitro benzene ring substituents is 1. The summed E-state index contributed by atoms with van der Waals surface area (Å²) in [6.45, 7) is 0.529. The van der Waals surface area contributed by atoms with Crippen molar-refractivity contribution < 1.29 is 24.0 Å². The molecule has 0 saturated heterocycles. The summed E-state index contributed by atoms with van der Waals surface area (Å²) in [6, 6.07) is 10.7. The molecule has 0 unspecified atom stereocenters. The lowest BCUT2D eigenvalue weighted by atomic mass is 10.2. The largest absolute Gasteiger partial charge is 0.454 e. The highest BCUT2D eigenvalue weighted by Crippen LogP contribution is 2.32. The van der Waals surface area contributed by atoms with Crippen LogP contribution in [0, 0.1) is 10.1 Å². The minimum atomic E-state index is -0.535. The van der Waals surface area contributed by atoms with Crippen LogP contribution in [0.15, 0.2) is 47.8 Å². The van der Waals surface area contributed by atoms with Crippen LogP contribution in [0.2, 0.25) is 0 Å². The molecule has 11 heteroatoms. The molecular weight excluding hydrogens is 424 g/mol. The van der Waals surface area contributed by atoms with Crippen molar-refractivity contribution in [2.24, 2.45) is 0 Å². The zero-order valence-electron chi connectivity index (χ0n) is 16.0. The first-order valence-corrected chi connectivity index (χ1v) is 10.0. The molecule has 2 N–H and O–H groups in total. The molecule has 10 nitrogen and oxygen atoms in total. The number of hydrogen-bond acceptors (Lipinski definition) is 8. The summed E-state index contributed by atoms with van der Waals surface area (Å²) in [5.41, 5.74) is 1.57. The van der Waals surface area contributed by atoms with Crippen molar-refractivity contribution in [1.82, 2.24) is 10.3 Å². The van der Waals surface area contributed by atoms with Gasteiger partial charge in [-0.1, -0.05) is 6.07 Å². The number of amides is 2. The number of benzene rings is 2. The van der Waals surface area contributed by atoms with Gasteiger partial charge in [0.2, 0.25) is 12.7 Å². The number of ether oxygens (including phenoxy) is 2. The number of hydrogen-bond donors (Lipinski definition) is 2. The fourth-order valence-corrected chi connectivity index (χ4v) is 3.53. The summed E-state index contributed by atoms with van der Waals surface area (Å²) in [7, 11) is 0. The summed E-state index contributed by atoms with van der Waals surface area (Å²) in [5, 5.41) is 18.1. The molecule has 31 heavy (non-hydrogen) atoms. The highest BCUT2D eigenvalue weighted by Gasteiger charge is 2.15. The van der Waals surface area contributed by atoms with Gasteiger partial charge in [0.1, 0.15) is 0 Å². The second-order valence-corrected chi connectivity index (χ2v) is 7.40. The third-order valence-electron chi connectivity index (χ3n) is 4.38. The summed E-state index contributed by atoms with van der Waals surface area (Å²) in [6.07, 6.45) is 0.0639. The lowest BCUT2D eigenvalue weighted by Crippen LogP contribution is -2.24. The molecule has 2 heterocycles. The van der Waals surface area contributed by atoms with Gasteiger partial charge in [-0.3, -0.25) is 25.0 Å². The highest BCUT2D eigenvalue weighted by atomic mass is 32.1. The number of carbonyl (C=O) groups excluding carboxylic acids is 2. The molecule has 2 aromatic carbocycles. The molecule has 158 valence electrons. The Balaban J connectivity index is 1.28. The molecule has 4 rings (SSSR count). The second-order valence-electron chi connectivity index (χ2n) is 6.54. The predicted octanol–water partition coefficient (Wildman–Crippen LogP) is 2.89. The molecule has 3 aromatic rings. The van der Waals surface area contributed by atoms with Gasteiger partial charge in [-0.15, -0.1) is 11.3 Å². The number of fused-ring (bicyclic) bond motifs is 1. The summed E-state index contributed by atoms with van der Waals surface area (Å²) >= 11 is 1.19. The van der Waals surface area contributed by atoms with Crippen LogP contribution in [0.3, 0.4) is 0 Å². The Labute approximate surface area is 180 Å². The molecule has 0 saturated carbocycles. The number of nitrogens with zero attached hydrogens (tertiary/aromatic N) is 2. The van der Waals surface area contributed by atoms with E-state index < -0.39 is 10.8 Å². The van der Waals surface area contributed by atoms with Crippen LogP contribution >= 0.6 is 11.3 Å². The Bertz CT molecular complexity index is 1140. The van der Waals surface area contributed by atoms with E-state index in [-0.39, 0.29) is 30.4 Å². The Morgan fingerprint density at radius 1 is 1.13 bits per heavy atom. The molecule has 1 aromatic heterocycles. The lowest BCUT2D eigenvalue weighted by molar-refractivity contribution is -0.384. The van der Waals surface area contributed by atoms with E-state index >= 15 is 0 Å². The zero-order valence-corrected chi connectivity index (χ0v) is 16.8. The minimum Gasteiger partial charge on any atom is -0.454 e. The van der Waals surface area contributed by atoms with Crippen LogP contribution in [0.5, 0.6) is 11.5 Å². The van der Waals surface area contributed by atoms with Gasteiger partial charge >= 0.3 is 0 Å². The standard InChI is InChI=1S/C20H16N4O6S/c25-18(21-9-12-1-6-16-17(7-12)30-11-29-16)8-14-10-31-20(22-14)23-19(26)13-2-4-15(5-3-13)24(27)28/h1-7,10H,8-9,11H2,(H,21,25)(H,22,23,26). The van der Waals surface area contributed by atoms with Crippen molar-refractivity contribution in [2.45, 2.75) is 13.0 Å². The van der Waals surface area contributed by atoms with E-state index in [0.717, 1.165) is 5.56 Å². The van der Waals surface area contributed by atoms with Crippen LogP contribution in [0.1, 0.15) is 21.6 Å². The molecule has 1 aliphatic rings. The molecule has 0 aliphatic carbocycles. The first-order valence-electron chi connectivity index (χ1n) is 9.13. The van der Waals surface area contributed by atoms with Gasteiger partial charge in [0.15, 0.2) is 16.6 Å². The van der Waals surface area contributed by atoms with E-state index in [9.17, 15) is 19.7 Å². The maximum absolute atomic E-state index is 12.3. The Morgan fingerprint density at radius 3 is 2.68 bits per heavy atom. The van der Waals surface area contributed by atoms with Crippen molar-refractivity contribution in [3.8, 4) is 11.5 Å². The first kappa shape index (κ1) is 20.3. The third-order valence-corrected chi connectivity index (χ3v) is 5.19. The van der Waals surface area contributed by atoms with E-state index in [0.29, 0.717) is 28.9 Å². The highest BCUT2D eigenvalue weighted by molar-refractivity contribution is 7.14.